The number of aromatic nitrogens is 1. The van der Waals surface area contributed by atoms with Crippen molar-refractivity contribution in [2.45, 2.75) is 97.1 Å². The molecule has 3 heterocycles. The van der Waals surface area contributed by atoms with E-state index >= 15 is 0 Å². The molecule has 0 unspecified atom stereocenters. The van der Waals surface area contributed by atoms with Crippen LogP contribution in [-0.4, -0.2) is 66.1 Å². The molecule has 0 radical (unpaired) electrons. The Morgan fingerprint density at radius 2 is 1.50 bits per heavy atom. The predicted octanol–water partition coefficient (Wildman–Crippen LogP) is 5.57. The lowest BCUT2D eigenvalue weighted by atomic mass is 9.87. The van der Waals surface area contributed by atoms with Crippen LogP contribution in [0, 0.1) is 11.8 Å². The zero-order valence-corrected chi connectivity index (χ0v) is 21.5. The third kappa shape index (κ3) is 6.05. The normalized spacial score (nSPS) is 27.7. The van der Waals surface area contributed by atoms with Gasteiger partial charge < -0.3 is 9.80 Å². The summed E-state index contributed by atoms with van der Waals surface area (Å²) in [7, 11) is 0. The lowest BCUT2D eigenvalue weighted by molar-refractivity contribution is 0.0760. The van der Waals surface area contributed by atoms with E-state index in [2.05, 4.69) is 61.5 Å². The van der Waals surface area contributed by atoms with Crippen molar-refractivity contribution in [3.63, 3.8) is 0 Å². The molecule has 0 spiro atoms. The van der Waals surface area contributed by atoms with Gasteiger partial charge in [0.2, 0.25) is 0 Å². The quantitative estimate of drug-likeness (QED) is 0.597. The summed E-state index contributed by atoms with van der Waals surface area (Å²) < 4.78 is 0. The average molecular weight is 441 g/mol. The molecule has 4 heteroatoms. The number of hydrogen-bond acceptors (Lipinski definition) is 4. The number of rotatable bonds is 5. The zero-order chi connectivity index (χ0) is 22.7. The molecule has 180 valence electrons. The molecular formula is C28H48N4. The first-order valence-electron chi connectivity index (χ1n) is 13.5. The Morgan fingerprint density at radius 1 is 0.875 bits per heavy atom. The topological polar surface area (TPSA) is 22.6 Å². The van der Waals surface area contributed by atoms with Gasteiger partial charge in [0.1, 0.15) is 5.82 Å². The number of piperidine rings is 1. The molecule has 32 heavy (non-hydrogen) atoms. The van der Waals surface area contributed by atoms with Crippen molar-refractivity contribution in [2.75, 3.05) is 44.2 Å². The van der Waals surface area contributed by atoms with Crippen LogP contribution in [0.2, 0.25) is 0 Å². The lowest BCUT2D eigenvalue weighted by Gasteiger charge is -2.47. The second kappa shape index (κ2) is 10.4. The Morgan fingerprint density at radius 3 is 2.12 bits per heavy atom. The molecule has 2 atom stereocenters. The SMILES string of the molecule is C[C@@H]1CN(c2cc(C(C)(C)C)ccn2)C[C@H](C)N1CC1CCN(CC2CCCCC2)CC1. The molecule has 2 aliphatic heterocycles. The van der Waals surface area contributed by atoms with Gasteiger partial charge in [0.15, 0.2) is 0 Å². The van der Waals surface area contributed by atoms with Gasteiger partial charge >= 0.3 is 0 Å². The predicted molar refractivity (Wildman–Crippen MR) is 137 cm³/mol. The van der Waals surface area contributed by atoms with Crippen LogP contribution in [0.4, 0.5) is 5.82 Å². The highest BCUT2D eigenvalue weighted by Gasteiger charge is 2.33. The Kier molecular flexibility index (Phi) is 7.82. The van der Waals surface area contributed by atoms with Crippen LogP contribution in [-0.2, 0) is 5.41 Å². The number of pyridine rings is 1. The van der Waals surface area contributed by atoms with E-state index in [1.54, 1.807) is 0 Å². The van der Waals surface area contributed by atoms with Crippen molar-refractivity contribution in [3.8, 4) is 0 Å². The Bertz CT molecular complexity index is 700. The van der Waals surface area contributed by atoms with Crippen LogP contribution in [0.5, 0.6) is 0 Å². The van der Waals surface area contributed by atoms with Gasteiger partial charge in [-0.3, -0.25) is 4.90 Å². The fourth-order valence-corrected chi connectivity index (χ4v) is 6.35. The summed E-state index contributed by atoms with van der Waals surface area (Å²) >= 11 is 0. The summed E-state index contributed by atoms with van der Waals surface area (Å²) in [4.78, 5) is 12.8. The van der Waals surface area contributed by atoms with Crippen molar-refractivity contribution in [1.29, 1.82) is 0 Å². The van der Waals surface area contributed by atoms with Gasteiger partial charge in [0.25, 0.3) is 0 Å². The molecule has 1 saturated carbocycles. The third-order valence-electron chi connectivity index (χ3n) is 8.45. The van der Waals surface area contributed by atoms with Gasteiger partial charge in [-0.25, -0.2) is 4.98 Å². The van der Waals surface area contributed by atoms with Gasteiger partial charge in [0, 0.05) is 44.5 Å². The lowest BCUT2D eigenvalue weighted by Crippen LogP contribution is -2.58. The maximum atomic E-state index is 4.74. The summed E-state index contributed by atoms with van der Waals surface area (Å²) in [5.41, 5.74) is 1.55. The molecule has 1 aromatic rings. The van der Waals surface area contributed by atoms with Gasteiger partial charge in [-0.05, 0) is 87.6 Å². The third-order valence-corrected chi connectivity index (χ3v) is 8.45. The number of piperazine rings is 1. The maximum Gasteiger partial charge on any atom is 0.128 e. The number of nitrogens with zero attached hydrogens (tertiary/aromatic N) is 4. The molecule has 3 aliphatic rings. The largest absolute Gasteiger partial charge is 0.353 e. The highest BCUT2D eigenvalue weighted by atomic mass is 15.3. The van der Waals surface area contributed by atoms with Crippen molar-refractivity contribution >= 4 is 5.82 Å². The van der Waals surface area contributed by atoms with E-state index in [4.69, 9.17) is 4.98 Å². The second-order valence-corrected chi connectivity index (χ2v) is 12.2. The van der Waals surface area contributed by atoms with Crippen molar-refractivity contribution in [2.24, 2.45) is 11.8 Å². The van der Waals surface area contributed by atoms with Gasteiger partial charge in [-0.15, -0.1) is 0 Å². The molecular weight excluding hydrogens is 392 g/mol. The maximum absolute atomic E-state index is 4.74. The van der Waals surface area contributed by atoms with E-state index in [9.17, 15) is 0 Å². The van der Waals surface area contributed by atoms with E-state index in [0.717, 1.165) is 30.7 Å². The molecule has 4 nitrogen and oxygen atoms in total. The van der Waals surface area contributed by atoms with Crippen LogP contribution in [0.3, 0.4) is 0 Å². The minimum absolute atomic E-state index is 0.169. The summed E-state index contributed by atoms with van der Waals surface area (Å²) in [5.74, 6) is 3.02. The molecule has 2 saturated heterocycles. The Balaban J connectivity index is 1.27. The smallest absolute Gasteiger partial charge is 0.128 e. The first kappa shape index (κ1) is 24.0. The van der Waals surface area contributed by atoms with Crippen molar-refractivity contribution in [1.82, 2.24) is 14.8 Å². The molecule has 0 aromatic carbocycles. The number of likely N-dealkylation sites (tertiary alicyclic amines) is 1. The van der Waals surface area contributed by atoms with Crippen molar-refractivity contribution in [3.05, 3.63) is 23.9 Å². The molecule has 3 fully saturated rings. The minimum atomic E-state index is 0.169. The van der Waals surface area contributed by atoms with Crippen LogP contribution in [0.25, 0.3) is 0 Å². The molecule has 0 N–H and O–H groups in total. The van der Waals surface area contributed by atoms with Crippen molar-refractivity contribution < 1.29 is 0 Å². The first-order valence-corrected chi connectivity index (χ1v) is 13.5. The first-order chi connectivity index (χ1) is 15.3. The molecule has 4 rings (SSSR count). The van der Waals surface area contributed by atoms with Crippen LogP contribution >= 0.6 is 0 Å². The zero-order valence-electron chi connectivity index (χ0n) is 21.5. The summed E-state index contributed by atoms with van der Waals surface area (Å²) in [6.07, 6.45) is 12.2. The van der Waals surface area contributed by atoms with E-state index in [1.165, 1.54) is 76.7 Å². The highest BCUT2D eigenvalue weighted by molar-refractivity contribution is 5.44. The Labute approximate surface area is 197 Å². The fourth-order valence-electron chi connectivity index (χ4n) is 6.35. The standard InChI is InChI=1S/C28H48N4/c1-22-18-31(27-17-26(11-14-29-27)28(3,4)5)19-23(2)32(22)21-25-12-15-30(16-13-25)20-24-9-7-6-8-10-24/h11,14,17,22-25H,6-10,12-13,15-16,18-21H2,1-5H3/t22-,23+. The second-order valence-electron chi connectivity index (χ2n) is 12.2. The number of anilines is 1. The average Bonchev–Trinajstić information content (AvgIpc) is 2.77. The van der Waals surface area contributed by atoms with Crippen LogP contribution < -0.4 is 4.90 Å². The highest BCUT2D eigenvalue weighted by Crippen LogP contribution is 2.30. The van der Waals surface area contributed by atoms with E-state index < -0.39 is 0 Å². The van der Waals surface area contributed by atoms with Crippen LogP contribution in [0.15, 0.2) is 18.3 Å². The fraction of sp³-hybridized carbons (Fsp3) is 0.821. The van der Waals surface area contributed by atoms with Gasteiger partial charge in [0.05, 0.1) is 0 Å². The molecule has 1 aromatic heterocycles. The van der Waals surface area contributed by atoms with Crippen LogP contribution in [0.1, 0.15) is 85.1 Å². The summed E-state index contributed by atoms with van der Waals surface area (Å²) in [6, 6.07) is 5.66. The molecule has 0 amide bonds. The molecule has 0 bridgehead atoms. The monoisotopic (exact) mass is 440 g/mol. The minimum Gasteiger partial charge on any atom is -0.353 e. The summed E-state index contributed by atoms with van der Waals surface area (Å²) in [6.45, 7) is 19.2. The van der Waals surface area contributed by atoms with E-state index in [1.807, 2.05) is 6.20 Å². The van der Waals surface area contributed by atoms with E-state index in [-0.39, 0.29) is 5.41 Å². The Hall–Kier alpha value is -1.13. The number of hydrogen-bond donors (Lipinski definition) is 0. The summed E-state index contributed by atoms with van der Waals surface area (Å²) in [5, 5.41) is 0. The van der Waals surface area contributed by atoms with Gasteiger partial charge in [-0.2, -0.15) is 0 Å². The van der Waals surface area contributed by atoms with E-state index in [0.29, 0.717) is 12.1 Å². The molecule has 1 aliphatic carbocycles. The van der Waals surface area contributed by atoms with Gasteiger partial charge in [-0.1, -0.05) is 40.0 Å².